The Labute approximate surface area is 199 Å². The van der Waals surface area contributed by atoms with Crippen LogP contribution < -0.4 is 10.2 Å². The fraction of sp³-hybridized carbons (Fsp3) is 0.481. The molecule has 1 saturated heterocycles. The lowest BCUT2D eigenvalue weighted by Crippen LogP contribution is -3.23. The molecule has 1 aromatic heterocycles. The molecule has 5 rings (SSSR count). The zero-order chi connectivity index (χ0) is 23.4. The molecular weight excluding hydrogens is 432 g/mol. The van der Waals surface area contributed by atoms with Crippen LogP contribution in [-0.2, 0) is 25.5 Å². The molecule has 0 atom stereocenters. The number of carbonyl (C=O) groups is 2. The summed E-state index contributed by atoms with van der Waals surface area (Å²) in [5.41, 5.74) is 1.58. The van der Waals surface area contributed by atoms with Crippen LogP contribution in [-0.4, -0.2) is 56.9 Å². The minimum atomic E-state index is -0.433. The van der Waals surface area contributed by atoms with Crippen molar-refractivity contribution in [2.24, 2.45) is 0 Å². The van der Waals surface area contributed by atoms with Crippen molar-refractivity contribution in [3.8, 4) is 0 Å². The predicted octanol–water partition coefficient (Wildman–Crippen LogP) is 2.41. The summed E-state index contributed by atoms with van der Waals surface area (Å²) in [5.74, 6) is -0.676. The summed E-state index contributed by atoms with van der Waals surface area (Å²) in [6.45, 7) is 3.89. The second-order valence-corrected chi connectivity index (χ2v) is 9.59. The van der Waals surface area contributed by atoms with Gasteiger partial charge in [-0.05, 0) is 29.7 Å². The standard InChI is InChI=1S/C27H32N2O5/c30-24(28-19-27(10-4-1-5-11-27)29-12-14-32-15-13-29)18-34-25(31)16-21-17-33-23-9-8-20-6-2-3-7-22(20)26(21)23/h2-3,6-9,17H,1,4-5,10-16,18-19H2,(H,28,30)/p+1. The van der Waals surface area contributed by atoms with Gasteiger partial charge in [0.1, 0.15) is 24.2 Å². The van der Waals surface area contributed by atoms with Crippen molar-refractivity contribution >= 4 is 33.6 Å². The van der Waals surface area contributed by atoms with E-state index in [9.17, 15) is 9.59 Å². The average Bonchev–Trinajstić information content (AvgIpc) is 3.30. The molecule has 0 spiro atoms. The molecule has 1 saturated carbocycles. The van der Waals surface area contributed by atoms with E-state index in [1.807, 2.05) is 36.4 Å². The monoisotopic (exact) mass is 465 g/mol. The van der Waals surface area contributed by atoms with E-state index < -0.39 is 5.97 Å². The fourth-order valence-electron chi connectivity index (χ4n) is 5.71. The first kappa shape index (κ1) is 22.9. The number of nitrogens with one attached hydrogen (secondary N) is 2. The maximum Gasteiger partial charge on any atom is 0.310 e. The number of hydrogen-bond acceptors (Lipinski definition) is 5. The molecule has 0 bridgehead atoms. The summed E-state index contributed by atoms with van der Waals surface area (Å²) < 4.78 is 16.5. The van der Waals surface area contributed by atoms with Crippen LogP contribution in [0.4, 0.5) is 0 Å². The first-order valence-electron chi connectivity index (χ1n) is 12.4. The van der Waals surface area contributed by atoms with Gasteiger partial charge in [-0.2, -0.15) is 0 Å². The lowest BCUT2D eigenvalue weighted by molar-refractivity contribution is -0.960. The van der Waals surface area contributed by atoms with Gasteiger partial charge in [0.25, 0.3) is 5.91 Å². The van der Waals surface area contributed by atoms with Crippen molar-refractivity contribution in [3.05, 3.63) is 48.2 Å². The molecule has 0 unspecified atom stereocenters. The molecule has 180 valence electrons. The van der Waals surface area contributed by atoms with E-state index in [1.54, 1.807) is 6.26 Å². The molecule has 2 aromatic carbocycles. The van der Waals surface area contributed by atoms with Gasteiger partial charge >= 0.3 is 5.97 Å². The molecule has 2 fully saturated rings. The zero-order valence-corrected chi connectivity index (χ0v) is 19.6. The normalized spacial score (nSPS) is 18.7. The largest absolute Gasteiger partial charge is 0.464 e. The van der Waals surface area contributed by atoms with Gasteiger partial charge in [0.2, 0.25) is 0 Å². The molecule has 2 N–H and O–H groups in total. The van der Waals surface area contributed by atoms with Crippen LogP contribution in [0.5, 0.6) is 0 Å². The minimum absolute atomic E-state index is 0.0656. The number of hydrogen-bond donors (Lipinski definition) is 2. The van der Waals surface area contributed by atoms with Crippen LogP contribution in [0.2, 0.25) is 0 Å². The van der Waals surface area contributed by atoms with Gasteiger partial charge in [0.15, 0.2) is 6.61 Å². The lowest BCUT2D eigenvalue weighted by atomic mass is 9.79. The maximum absolute atomic E-state index is 12.6. The van der Waals surface area contributed by atoms with E-state index in [0.717, 1.165) is 66.5 Å². The summed E-state index contributed by atoms with van der Waals surface area (Å²) in [4.78, 5) is 26.6. The van der Waals surface area contributed by atoms with Crippen molar-refractivity contribution in [1.29, 1.82) is 0 Å². The molecule has 3 aromatic rings. The second kappa shape index (κ2) is 10.2. The first-order valence-corrected chi connectivity index (χ1v) is 12.4. The number of carbonyl (C=O) groups excluding carboxylic acids is 2. The van der Waals surface area contributed by atoms with Crippen LogP contribution in [0.25, 0.3) is 21.7 Å². The van der Waals surface area contributed by atoms with Crippen molar-refractivity contribution in [1.82, 2.24) is 5.32 Å². The molecule has 2 aliphatic rings. The Bertz CT molecular complexity index is 1160. The van der Waals surface area contributed by atoms with Gasteiger partial charge < -0.3 is 24.1 Å². The highest BCUT2D eigenvalue weighted by atomic mass is 16.5. The Morgan fingerprint density at radius 3 is 2.65 bits per heavy atom. The molecule has 1 aliphatic carbocycles. The van der Waals surface area contributed by atoms with E-state index in [0.29, 0.717) is 6.54 Å². The van der Waals surface area contributed by atoms with Crippen LogP contribution in [0.15, 0.2) is 47.1 Å². The highest BCUT2D eigenvalue weighted by Gasteiger charge is 2.42. The molecule has 7 heteroatoms. The van der Waals surface area contributed by atoms with E-state index in [4.69, 9.17) is 13.9 Å². The number of ether oxygens (including phenoxy) is 2. The number of morpholine rings is 1. The van der Waals surface area contributed by atoms with Gasteiger partial charge in [-0.3, -0.25) is 9.59 Å². The Balaban J connectivity index is 1.17. The number of fused-ring (bicyclic) bond motifs is 3. The van der Waals surface area contributed by atoms with Gasteiger partial charge in [-0.15, -0.1) is 0 Å². The van der Waals surface area contributed by atoms with Crippen LogP contribution in [0.1, 0.15) is 37.7 Å². The smallest absolute Gasteiger partial charge is 0.310 e. The quantitative estimate of drug-likeness (QED) is 0.524. The number of rotatable bonds is 7. The topological polar surface area (TPSA) is 82.2 Å². The molecule has 1 amide bonds. The van der Waals surface area contributed by atoms with Crippen molar-refractivity contribution < 1.29 is 28.4 Å². The number of furan rings is 1. The van der Waals surface area contributed by atoms with Gasteiger partial charge in [-0.1, -0.05) is 36.8 Å². The van der Waals surface area contributed by atoms with E-state index in [-0.39, 0.29) is 24.5 Å². The molecule has 1 aliphatic heterocycles. The van der Waals surface area contributed by atoms with E-state index >= 15 is 0 Å². The van der Waals surface area contributed by atoms with Crippen molar-refractivity contribution in [3.63, 3.8) is 0 Å². The van der Waals surface area contributed by atoms with Crippen LogP contribution >= 0.6 is 0 Å². The molecule has 7 nitrogen and oxygen atoms in total. The summed E-state index contributed by atoms with van der Waals surface area (Å²) in [7, 11) is 0. The fourth-order valence-corrected chi connectivity index (χ4v) is 5.71. The Morgan fingerprint density at radius 1 is 1.03 bits per heavy atom. The Kier molecular flexibility index (Phi) is 6.83. The summed E-state index contributed by atoms with van der Waals surface area (Å²) in [5, 5.41) is 6.11. The van der Waals surface area contributed by atoms with Crippen molar-refractivity contribution in [2.45, 2.75) is 44.1 Å². The second-order valence-electron chi connectivity index (χ2n) is 9.59. The summed E-state index contributed by atoms with van der Waals surface area (Å²) >= 11 is 0. The minimum Gasteiger partial charge on any atom is -0.464 e. The summed E-state index contributed by atoms with van der Waals surface area (Å²) in [6, 6.07) is 11.9. The van der Waals surface area contributed by atoms with Gasteiger partial charge in [0.05, 0.1) is 32.4 Å². The molecule has 34 heavy (non-hydrogen) atoms. The Hall–Kier alpha value is -2.90. The zero-order valence-electron chi connectivity index (χ0n) is 19.6. The third kappa shape index (κ3) is 4.81. The van der Waals surface area contributed by atoms with Gasteiger partial charge in [0, 0.05) is 23.8 Å². The van der Waals surface area contributed by atoms with Crippen molar-refractivity contribution in [2.75, 3.05) is 39.5 Å². The number of quaternary nitrogens is 1. The Morgan fingerprint density at radius 2 is 1.82 bits per heavy atom. The third-order valence-corrected chi connectivity index (χ3v) is 7.52. The highest BCUT2D eigenvalue weighted by molar-refractivity contribution is 6.08. The highest BCUT2D eigenvalue weighted by Crippen LogP contribution is 2.30. The number of esters is 1. The SMILES string of the molecule is O=C(COC(=O)Cc1coc2ccc3ccccc3c12)NCC1([NH+]2CCOCC2)CCCCC1. The molecule has 0 radical (unpaired) electrons. The summed E-state index contributed by atoms with van der Waals surface area (Å²) in [6.07, 6.45) is 7.56. The molecule has 2 heterocycles. The number of benzene rings is 2. The number of amides is 1. The average molecular weight is 466 g/mol. The van der Waals surface area contributed by atoms with Crippen LogP contribution in [0.3, 0.4) is 0 Å². The lowest BCUT2D eigenvalue weighted by Gasteiger charge is -2.45. The third-order valence-electron chi connectivity index (χ3n) is 7.52. The predicted molar refractivity (Wildman–Crippen MR) is 129 cm³/mol. The van der Waals surface area contributed by atoms with E-state index in [2.05, 4.69) is 5.32 Å². The maximum atomic E-state index is 12.6. The molecular formula is C27H33N2O5+. The van der Waals surface area contributed by atoms with Gasteiger partial charge in [-0.25, -0.2) is 0 Å². The van der Waals surface area contributed by atoms with E-state index in [1.165, 1.54) is 24.2 Å². The van der Waals surface area contributed by atoms with Crippen LogP contribution in [0, 0.1) is 0 Å². The first-order chi connectivity index (χ1) is 16.6.